The van der Waals surface area contributed by atoms with Crippen LogP contribution in [0.2, 0.25) is 0 Å². The number of hydrogen-bond donors (Lipinski definition) is 1. The number of likely N-dealkylation sites (N-methyl/N-ethyl adjacent to an activating group) is 1. The molecule has 0 radical (unpaired) electrons. The molecule has 0 spiro atoms. The topological polar surface area (TPSA) is 15.3 Å². The Morgan fingerprint density at radius 1 is 1.03 bits per heavy atom. The lowest BCUT2D eigenvalue weighted by molar-refractivity contribution is -0.215. The molecule has 156 valence electrons. The second-order valence-electron chi connectivity index (χ2n) is 8.71. The first-order chi connectivity index (χ1) is 13.6. The van der Waals surface area contributed by atoms with Crippen molar-refractivity contribution in [2.45, 2.75) is 55.9 Å². The Labute approximate surface area is 168 Å². The molecule has 1 heterocycles. The number of halogens is 4. The first kappa shape index (κ1) is 20.4. The van der Waals surface area contributed by atoms with Crippen LogP contribution in [0.25, 0.3) is 0 Å². The van der Waals surface area contributed by atoms with E-state index in [1.54, 1.807) is 19.2 Å². The van der Waals surface area contributed by atoms with Crippen LogP contribution in [0.5, 0.6) is 0 Å². The van der Waals surface area contributed by atoms with E-state index in [0.29, 0.717) is 0 Å². The Balaban J connectivity index is 1.90. The Morgan fingerprint density at radius 3 is 2.34 bits per heavy atom. The smallest absolute Gasteiger partial charge is 0.303 e. The van der Waals surface area contributed by atoms with Gasteiger partial charge in [0.15, 0.2) is 0 Å². The number of rotatable bonds is 2. The molecule has 0 amide bonds. The van der Waals surface area contributed by atoms with Crippen LogP contribution in [0.4, 0.5) is 17.6 Å². The lowest BCUT2D eigenvalue weighted by Crippen LogP contribution is -2.76. The van der Waals surface area contributed by atoms with E-state index in [1.165, 1.54) is 22.6 Å². The van der Waals surface area contributed by atoms with Gasteiger partial charge >= 0.3 is 6.18 Å². The number of aryl methyl sites for hydroxylation is 1. The SMILES string of the molecule is CN1C(C(F)(F)F)CNC(c2ccc(F)cc2)(C2CCc3ccccc32)C1(C)C. The van der Waals surface area contributed by atoms with Crippen molar-refractivity contribution in [2.75, 3.05) is 13.6 Å². The summed E-state index contributed by atoms with van der Waals surface area (Å²) in [5.41, 5.74) is 1.54. The maximum Gasteiger partial charge on any atom is 0.405 e. The van der Waals surface area contributed by atoms with Crippen LogP contribution in [-0.2, 0) is 12.0 Å². The quantitative estimate of drug-likeness (QED) is 0.707. The van der Waals surface area contributed by atoms with Crippen molar-refractivity contribution in [1.29, 1.82) is 0 Å². The fraction of sp³-hybridized carbons (Fsp3) is 0.478. The molecule has 2 aromatic rings. The molecule has 4 rings (SSSR count). The molecule has 2 aliphatic rings. The zero-order valence-corrected chi connectivity index (χ0v) is 16.9. The van der Waals surface area contributed by atoms with Crippen LogP contribution in [0, 0.1) is 5.82 Å². The highest BCUT2D eigenvalue weighted by molar-refractivity contribution is 5.44. The minimum atomic E-state index is -4.33. The van der Waals surface area contributed by atoms with Gasteiger partial charge in [-0.15, -0.1) is 0 Å². The van der Waals surface area contributed by atoms with Crippen molar-refractivity contribution in [2.24, 2.45) is 0 Å². The second kappa shape index (κ2) is 6.81. The predicted octanol–water partition coefficient (Wildman–Crippen LogP) is 5.00. The normalized spacial score (nSPS) is 29.6. The zero-order valence-electron chi connectivity index (χ0n) is 16.9. The average molecular weight is 406 g/mol. The summed E-state index contributed by atoms with van der Waals surface area (Å²) in [5, 5.41) is 3.34. The van der Waals surface area contributed by atoms with Gasteiger partial charge in [-0.1, -0.05) is 36.4 Å². The molecular weight excluding hydrogens is 380 g/mol. The van der Waals surface area contributed by atoms with Gasteiger partial charge in [0.25, 0.3) is 0 Å². The standard InChI is InChI=1S/C23H26F4N2/c1-21(2)22(16-9-11-17(24)12-10-16,28-14-20(29(21)3)23(25,26)27)19-13-8-15-6-4-5-7-18(15)19/h4-7,9-12,19-20,28H,8,13-14H2,1-3H3. The van der Waals surface area contributed by atoms with Crippen LogP contribution in [0.3, 0.4) is 0 Å². The van der Waals surface area contributed by atoms with Gasteiger partial charge < -0.3 is 5.32 Å². The van der Waals surface area contributed by atoms with Crippen LogP contribution in [0.1, 0.15) is 42.9 Å². The third kappa shape index (κ3) is 2.99. The Hall–Kier alpha value is -1.92. The highest BCUT2D eigenvalue weighted by atomic mass is 19.4. The van der Waals surface area contributed by atoms with Crippen molar-refractivity contribution in [3.8, 4) is 0 Å². The second-order valence-corrected chi connectivity index (χ2v) is 8.71. The molecule has 0 bridgehead atoms. The van der Waals surface area contributed by atoms with Gasteiger partial charge in [-0.2, -0.15) is 13.2 Å². The molecule has 2 nitrogen and oxygen atoms in total. The summed E-state index contributed by atoms with van der Waals surface area (Å²) >= 11 is 0. The summed E-state index contributed by atoms with van der Waals surface area (Å²) in [7, 11) is 1.55. The van der Waals surface area contributed by atoms with E-state index in [4.69, 9.17) is 0 Å². The summed E-state index contributed by atoms with van der Waals surface area (Å²) in [4.78, 5) is 1.45. The van der Waals surface area contributed by atoms with E-state index in [9.17, 15) is 17.6 Å². The summed E-state index contributed by atoms with van der Waals surface area (Å²) < 4.78 is 54.9. The maximum absolute atomic E-state index is 13.7. The Bertz CT molecular complexity index is 890. The van der Waals surface area contributed by atoms with Gasteiger partial charge in [0.2, 0.25) is 0 Å². The lowest BCUT2D eigenvalue weighted by atomic mass is 9.62. The Kier molecular flexibility index (Phi) is 4.78. The van der Waals surface area contributed by atoms with Crippen molar-refractivity contribution in [1.82, 2.24) is 10.2 Å². The van der Waals surface area contributed by atoms with Crippen molar-refractivity contribution < 1.29 is 17.6 Å². The lowest BCUT2D eigenvalue weighted by Gasteiger charge is -2.61. The van der Waals surface area contributed by atoms with E-state index >= 15 is 0 Å². The van der Waals surface area contributed by atoms with Gasteiger partial charge in [0.05, 0.1) is 5.54 Å². The molecule has 1 saturated heterocycles. The molecule has 0 saturated carbocycles. The molecule has 2 aromatic carbocycles. The molecule has 1 aliphatic carbocycles. The summed E-state index contributed by atoms with van der Waals surface area (Å²) in [6.45, 7) is 3.52. The Morgan fingerprint density at radius 2 is 1.69 bits per heavy atom. The van der Waals surface area contributed by atoms with Crippen molar-refractivity contribution >= 4 is 0 Å². The number of nitrogens with zero attached hydrogens (tertiary/aromatic N) is 1. The molecule has 1 N–H and O–H groups in total. The molecule has 3 unspecified atom stereocenters. The summed E-state index contributed by atoms with van der Waals surface area (Å²) in [6.07, 6.45) is -2.62. The van der Waals surface area contributed by atoms with Crippen molar-refractivity contribution in [3.63, 3.8) is 0 Å². The number of alkyl halides is 3. The molecule has 3 atom stereocenters. The molecule has 1 aliphatic heterocycles. The zero-order chi connectivity index (χ0) is 21.0. The number of nitrogens with one attached hydrogen (secondary N) is 1. The minimum Gasteiger partial charge on any atom is -0.303 e. The van der Waals surface area contributed by atoms with Crippen LogP contribution in [-0.4, -0.2) is 36.2 Å². The van der Waals surface area contributed by atoms with Crippen molar-refractivity contribution in [3.05, 3.63) is 71.0 Å². The van der Waals surface area contributed by atoms with Gasteiger partial charge in [0, 0.05) is 18.0 Å². The number of fused-ring (bicyclic) bond motifs is 1. The molecular formula is C23H26F4N2. The van der Waals surface area contributed by atoms with E-state index < -0.39 is 23.3 Å². The van der Waals surface area contributed by atoms with Gasteiger partial charge in [0.1, 0.15) is 11.9 Å². The van der Waals surface area contributed by atoms with Crippen LogP contribution < -0.4 is 5.32 Å². The predicted molar refractivity (Wildman–Crippen MR) is 105 cm³/mol. The number of benzene rings is 2. The molecule has 6 heteroatoms. The van der Waals surface area contributed by atoms with Crippen LogP contribution >= 0.6 is 0 Å². The van der Waals surface area contributed by atoms with Gasteiger partial charge in [-0.3, -0.25) is 4.90 Å². The highest BCUT2D eigenvalue weighted by Crippen LogP contribution is 2.54. The number of piperazine rings is 1. The fourth-order valence-electron chi connectivity index (χ4n) is 5.54. The number of hydrogen-bond acceptors (Lipinski definition) is 2. The van der Waals surface area contributed by atoms with Gasteiger partial charge in [-0.05, 0) is 62.6 Å². The first-order valence-electron chi connectivity index (χ1n) is 9.97. The molecule has 0 aromatic heterocycles. The molecule has 29 heavy (non-hydrogen) atoms. The average Bonchev–Trinajstić information content (AvgIpc) is 3.08. The van der Waals surface area contributed by atoms with Gasteiger partial charge in [-0.25, -0.2) is 4.39 Å². The van der Waals surface area contributed by atoms with E-state index in [1.807, 2.05) is 26.0 Å². The largest absolute Gasteiger partial charge is 0.405 e. The summed E-state index contributed by atoms with van der Waals surface area (Å²) in [5.74, 6) is -0.373. The summed E-state index contributed by atoms with van der Waals surface area (Å²) in [6, 6.07) is 12.8. The third-order valence-electron chi connectivity index (χ3n) is 7.22. The van der Waals surface area contributed by atoms with Crippen LogP contribution in [0.15, 0.2) is 48.5 Å². The first-order valence-corrected chi connectivity index (χ1v) is 9.97. The third-order valence-corrected chi connectivity index (χ3v) is 7.22. The maximum atomic E-state index is 13.7. The minimum absolute atomic E-state index is 0.0178. The van der Waals surface area contributed by atoms with E-state index in [2.05, 4.69) is 17.4 Å². The monoisotopic (exact) mass is 406 g/mol. The fourth-order valence-corrected chi connectivity index (χ4v) is 5.54. The van der Waals surface area contributed by atoms with E-state index in [0.717, 1.165) is 24.0 Å². The van der Waals surface area contributed by atoms with E-state index in [-0.39, 0.29) is 18.3 Å². The highest BCUT2D eigenvalue weighted by Gasteiger charge is 2.62. The molecule has 1 fully saturated rings.